The average Bonchev–Trinajstić information content (AvgIpc) is 2.72. The van der Waals surface area contributed by atoms with Crippen LogP contribution in [0.3, 0.4) is 0 Å². The molecule has 2 aromatic carbocycles. The van der Waals surface area contributed by atoms with Crippen molar-refractivity contribution >= 4 is 46.8 Å². The molecule has 0 radical (unpaired) electrons. The predicted molar refractivity (Wildman–Crippen MR) is 126 cm³/mol. The zero-order chi connectivity index (χ0) is 19.9. The Morgan fingerprint density at radius 2 is 1.90 bits per heavy atom. The number of methoxy groups -OCH3 is 1. The maximum absolute atomic E-state index is 11.7. The third kappa shape index (κ3) is 6.38. The van der Waals surface area contributed by atoms with Gasteiger partial charge in [0, 0.05) is 19.1 Å². The molecule has 1 aliphatic heterocycles. The molecule has 158 valence electrons. The lowest BCUT2D eigenvalue weighted by atomic mass is 10.1. The van der Waals surface area contributed by atoms with Crippen LogP contribution in [0.1, 0.15) is 25.3 Å². The topological polar surface area (TPSA) is 89.2 Å². The summed E-state index contributed by atoms with van der Waals surface area (Å²) < 4.78 is 10.3. The van der Waals surface area contributed by atoms with E-state index in [-0.39, 0.29) is 36.1 Å². The lowest BCUT2D eigenvalue weighted by molar-refractivity contribution is 0.0963. The van der Waals surface area contributed by atoms with E-state index < -0.39 is 0 Å². The van der Waals surface area contributed by atoms with Crippen molar-refractivity contribution in [3.05, 3.63) is 42.0 Å². The number of carbonyl (C=O) groups is 1. The number of halogens is 1. The van der Waals surface area contributed by atoms with Crippen molar-refractivity contribution in [2.75, 3.05) is 26.8 Å². The van der Waals surface area contributed by atoms with Crippen LogP contribution < -0.4 is 15.8 Å². The first-order chi connectivity index (χ1) is 13.6. The number of amides is 1. The molecule has 0 atom stereocenters. The number of likely N-dealkylation sites (tertiary alicyclic amines) is 1. The van der Waals surface area contributed by atoms with Crippen molar-refractivity contribution in [1.29, 1.82) is 0 Å². The summed E-state index contributed by atoms with van der Waals surface area (Å²) in [5, 5.41) is 5.54. The van der Waals surface area contributed by atoms with E-state index in [4.69, 9.17) is 15.2 Å². The molecule has 1 heterocycles. The normalized spacial score (nSPS) is 15.0. The summed E-state index contributed by atoms with van der Waals surface area (Å²) in [4.78, 5) is 17.9. The second-order valence-electron chi connectivity index (χ2n) is 6.85. The van der Waals surface area contributed by atoms with Crippen LogP contribution in [0.15, 0.2) is 41.4 Å². The van der Waals surface area contributed by atoms with E-state index in [0.29, 0.717) is 32.2 Å². The van der Waals surface area contributed by atoms with Crippen LogP contribution in [0.5, 0.6) is 5.75 Å². The minimum atomic E-state index is -0.239. The molecular formula is C21H29IN4O3. The molecule has 0 spiro atoms. The highest BCUT2D eigenvalue weighted by Crippen LogP contribution is 2.22. The number of nitrogens with zero attached hydrogens (tertiary/aromatic N) is 2. The summed E-state index contributed by atoms with van der Waals surface area (Å²) in [6.07, 6.45) is 1.41. The first kappa shape index (κ1) is 23.1. The van der Waals surface area contributed by atoms with E-state index in [1.54, 1.807) is 12.0 Å². The molecule has 3 rings (SSSR count). The number of rotatable bonds is 5. The Morgan fingerprint density at radius 3 is 2.59 bits per heavy atom. The van der Waals surface area contributed by atoms with Crippen molar-refractivity contribution in [2.45, 2.75) is 32.4 Å². The van der Waals surface area contributed by atoms with Crippen LogP contribution >= 0.6 is 24.0 Å². The second kappa shape index (κ2) is 11.1. The van der Waals surface area contributed by atoms with Crippen molar-refractivity contribution in [3.8, 4) is 5.75 Å². The van der Waals surface area contributed by atoms with E-state index in [2.05, 4.69) is 28.5 Å². The van der Waals surface area contributed by atoms with Crippen LogP contribution in [-0.2, 0) is 11.3 Å². The molecule has 7 nitrogen and oxygen atoms in total. The van der Waals surface area contributed by atoms with Crippen molar-refractivity contribution in [2.24, 2.45) is 10.7 Å². The molecule has 0 aromatic heterocycles. The zero-order valence-corrected chi connectivity index (χ0v) is 19.2. The number of guanidine groups is 1. The number of hydrogen-bond acceptors (Lipinski definition) is 4. The van der Waals surface area contributed by atoms with E-state index in [1.807, 2.05) is 25.1 Å². The number of nitrogens with two attached hydrogens (primary N) is 1. The number of ether oxygens (including phenoxy) is 2. The standard InChI is InChI=1S/C21H28N4O3.HI/c1-3-28-21(26)25-10-8-18(9-11-25)24-20(22)23-14-15-4-5-17-13-19(27-2)7-6-16(17)12-15;/h4-7,12-13,18H,3,8-11,14H2,1-2H3,(H3,22,23,24);1H. The van der Waals surface area contributed by atoms with Gasteiger partial charge in [0.15, 0.2) is 5.96 Å². The number of nitrogens with one attached hydrogen (secondary N) is 1. The summed E-state index contributed by atoms with van der Waals surface area (Å²) in [5.74, 6) is 1.28. The Bertz CT molecular complexity index is 851. The first-order valence-electron chi connectivity index (χ1n) is 9.64. The van der Waals surface area contributed by atoms with Crippen LogP contribution in [0.25, 0.3) is 10.8 Å². The Labute approximate surface area is 188 Å². The summed E-state index contributed by atoms with van der Waals surface area (Å²) >= 11 is 0. The number of benzene rings is 2. The van der Waals surface area contributed by atoms with Crippen LogP contribution in [0.2, 0.25) is 0 Å². The maximum Gasteiger partial charge on any atom is 0.409 e. The van der Waals surface area contributed by atoms with Crippen molar-refractivity contribution < 1.29 is 14.3 Å². The Balaban J connectivity index is 0.00000300. The molecule has 1 saturated heterocycles. The summed E-state index contributed by atoms with van der Waals surface area (Å²) in [6, 6.07) is 12.5. The molecule has 0 unspecified atom stereocenters. The smallest absolute Gasteiger partial charge is 0.409 e. The van der Waals surface area contributed by atoms with Gasteiger partial charge >= 0.3 is 6.09 Å². The summed E-state index contributed by atoms with van der Waals surface area (Å²) in [5.41, 5.74) is 7.16. The van der Waals surface area contributed by atoms with Gasteiger partial charge in [0.1, 0.15) is 5.75 Å². The predicted octanol–water partition coefficient (Wildman–Crippen LogP) is 3.49. The second-order valence-corrected chi connectivity index (χ2v) is 6.85. The number of piperidine rings is 1. The molecule has 0 bridgehead atoms. The molecule has 3 N–H and O–H groups in total. The molecule has 8 heteroatoms. The summed E-state index contributed by atoms with van der Waals surface area (Å²) in [6.45, 7) is 4.06. The van der Waals surface area contributed by atoms with Crippen molar-refractivity contribution in [1.82, 2.24) is 10.2 Å². The Kier molecular flexibility index (Phi) is 8.81. The van der Waals surface area contributed by atoms with Gasteiger partial charge in [-0.2, -0.15) is 0 Å². The van der Waals surface area contributed by atoms with Crippen molar-refractivity contribution in [3.63, 3.8) is 0 Å². The van der Waals surface area contributed by atoms with Gasteiger partial charge in [0.2, 0.25) is 0 Å². The Morgan fingerprint density at radius 1 is 1.21 bits per heavy atom. The zero-order valence-electron chi connectivity index (χ0n) is 16.9. The van der Waals surface area contributed by atoms with Gasteiger partial charge in [-0.15, -0.1) is 24.0 Å². The molecular weight excluding hydrogens is 483 g/mol. The van der Waals surface area contributed by atoms with Crippen LogP contribution in [0.4, 0.5) is 4.79 Å². The van der Waals surface area contributed by atoms with E-state index >= 15 is 0 Å². The van der Waals surface area contributed by atoms with E-state index in [9.17, 15) is 4.79 Å². The monoisotopic (exact) mass is 512 g/mol. The molecule has 1 aliphatic rings. The largest absolute Gasteiger partial charge is 0.497 e. The number of aliphatic imine (C=N–C) groups is 1. The molecule has 1 fully saturated rings. The maximum atomic E-state index is 11.7. The van der Waals surface area contributed by atoms with E-state index in [0.717, 1.165) is 34.9 Å². The molecule has 0 aliphatic carbocycles. The average molecular weight is 512 g/mol. The number of hydrogen-bond donors (Lipinski definition) is 2. The Hall–Kier alpha value is -2.23. The minimum absolute atomic E-state index is 0. The highest BCUT2D eigenvalue weighted by atomic mass is 127. The van der Waals surface area contributed by atoms with Gasteiger partial charge in [-0.25, -0.2) is 9.79 Å². The van der Waals surface area contributed by atoms with Gasteiger partial charge in [-0.1, -0.05) is 18.2 Å². The molecule has 29 heavy (non-hydrogen) atoms. The quantitative estimate of drug-likeness (QED) is 0.364. The fourth-order valence-electron chi connectivity index (χ4n) is 3.35. The van der Waals surface area contributed by atoms with Gasteiger partial charge in [0.05, 0.1) is 20.3 Å². The SMILES string of the molecule is CCOC(=O)N1CCC(NC(N)=NCc2ccc3cc(OC)ccc3c2)CC1.I. The van der Waals surface area contributed by atoms with Gasteiger partial charge in [-0.3, -0.25) is 0 Å². The third-order valence-electron chi connectivity index (χ3n) is 4.92. The van der Waals surface area contributed by atoms with Gasteiger partial charge < -0.3 is 25.4 Å². The highest BCUT2D eigenvalue weighted by molar-refractivity contribution is 14.0. The summed E-state index contributed by atoms with van der Waals surface area (Å²) in [7, 11) is 1.67. The molecule has 0 saturated carbocycles. The molecule has 2 aromatic rings. The minimum Gasteiger partial charge on any atom is -0.497 e. The number of fused-ring (bicyclic) bond motifs is 1. The lowest BCUT2D eigenvalue weighted by Crippen LogP contribution is -2.48. The number of carbonyl (C=O) groups excluding carboxylic acids is 1. The van der Waals surface area contributed by atoms with E-state index in [1.165, 1.54) is 0 Å². The highest BCUT2D eigenvalue weighted by Gasteiger charge is 2.23. The molecule has 1 amide bonds. The fourth-order valence-corrected chi connectivity index (χ4v) is 3.35. The van der Waals surface area contributed by atoms with Gasteiger partial charge in [-0.05, 0) is 54.3 Å². The van der Waals surface area contributed by atoms with Crippen LogP contribution in [0, 0.1) is 0 Å². The third-order valence-corrected chi connectivity index (χ3v) is 4.92. The van der Waals surface area contributed by atoms with Gasteiger partial charge in [0.25, 0.3) is 0 Å². The lowest BCUT2D eigenvalue weighted by Gasteiger charge is -2.31. The van der Waals surface area contributed by atoms with Crippen LogP contribution in [-0.4, -0.2) is 49.8 Å². The fraction of sp³-hybridized carbons (Fsp3) is 0.429. The first-order valence-corrected chi connectivity index (χ1v) is 9.64.